The molecule has 0 N–H and O–H groups in total. The lowest BCUT2D eigenvalue weighted by Gasteiger charge is -2.58. The molecule has 222 valence electrons. The van der Waals surface area contributed by atoms with Gasteiger partial charge in [0.1, 0.15) is 6.61 Å². The highest BCUT2D eigenvalue weighted by Gasteiger charge is 2.62. The largest absolute Gasteiger partial charge is 0.414 e. The van der Waals surface area contributed by atoms with E-state index in [-0.39, 0.29) is 11.5 Å². The lowest BCUT2D eigenvalue weighted by atomic mass is 9.47. The van der Waals surface area contributed by atoms with E-state index >= 15 is 0 Å². The first-order valence-corrected chi connectivity index (χ1v) is 22.8. The van der Waals surface area contributed by atoms with Crippen molar-refractivity contribution in [2.24, 2.45) is 39.7 Å². The molecule has 0 spiro atoms. The quantitative estimate of drug-likeness (QED) is 0.133. The van der Waals surface area contributed by atoms with E-state index in [1.165, 1.54) is 38.5 Å². The lowest BCUT2D eigenvalue weighted by molar-refractivity contribution is -0.0418. The first-order chi connectivity index (χ1) is 18.7. The lowest BCUT2D eigenvalue weighted by Crippen LogP contribution is -2.51. The van der Waals surface area contributed by atoms with Crippen molar-refractivity contribution in [3.63, 3.8) is 0 Å². The van der Waals surface area contributed by atoms with E-state index in [2.05, 4.69) is 90.4 Å². The van der Waals surface area contributed by atoms with Crippen LogP contribution >= 0.6 is 0 Å². The molecule has 1 aromatic rings. The summed E-state index contributed by atoms with van der Waals surface area (Å²) >= 11 is 0. The third-order valence-electron chi connectivity index (χ3n) is 10.8. The average Bonchev–Trinajstić information content (AvgIpc) is 3.14. The second-order valence-corrected chi connectivity index (χ2v) is 24.8. The first-order valence-electron chi connectivity index (χ1n) is 16.0. The van der Waals surface area contributed by atoms with Gasteiger partial charge < -0.3 is 13.7 Å². The zero-order chi connectivity index (χ0) is 28.9. The molecule has 40 heavy (non-hydrogen) atoms. The second-order valence-electron chi connectivity index (χ2n) is 15.9. The van der Waals surface area contributed by atoms with Gasteiger partial charge in [0.05, 0.1) is 11.8 Å². The predicted octanol–water partition coefficient (Wildman–Crippen LogP) is 9.21. The van der Waals surface area contributed by atoms with Crippen molar-refractivity contribution in [3.8, 4) is 0 Å². The van der Waals surface area contributed by atoms with Gasteiger partial charge in [-0.15, -0.1) is 0 Å². The van der Waals surface area contributed by atoms with Crippen LogP contribution in [-0.2, 0) is 20.3 Å². The van der Waals surface area contributed by atoms with Gasteiger partial charge in [0, 0.05) is 12.0 Å². The molecule has 4 nitrogen and oxygen atoms in total. The van der Waals surface area contributed by atoms with Crippen LogP contribution in [0, 0.1) is 34.5 Å². The maximum atomic E-state index is 7.00. The van der Waals surface area contributed by atoms with Crippen LogP contribution < -0.4 is 0 Å². The zero-order valence-corrected chi connectivity index (χ0v) is 28.8. The van der Waals surface area contributed by atoms with Crippen LogP contribution in [-0.4, -0.2) is 34.6 Å². The van der Waals surface area contributed by atoms with Crippen LogP contribution in [0.3, 0.4) is 0 Å². The topological polar surface area (TPSA) is 40.0 Å². The molecule has 0 saturated heterocycles. The predicted molar refractivity (Wildman–Crippen MR) is 171 cm³/mol. The van der Waals surface area contributed by atoms with Crippen molar-refractivity contribution in [2.45, 2.75) is 124 Å². The monoisotopic (exact) mass is 581 g/mol. The molecular weight excluding hydrogens is 527 g/mol. The molecule has 3 saturated carbocycles. The molecule has 4 aliphatic carbocycles. The number of hydrogen-bond donors (Lipinski definition) is 0. The molecule has 0 amide bonds. The summed E-state index contributed by atoms with van der Waals surface area (Å²) < 4.78 is 13.6. The molecule has 0 aliphatic heterocycles. The number of rotatable bonds is 8. The van der Waals surface area contributed by atoms with Crippen LogP contribution in [0.4, 0.5) is 0 Å². The van der Waals surface area contributed by atoms with Crippen molar-refractivity contribution in [1.29, 1.82) is 0 Å². The Morgan fingerprint density at radius 2 is 1.62 bits per heavy atom. The highest BCUT2D eigenvalue weighted by molar-refractivity contribution is 6.70. The zero-order valence-electron chi connectivity index (χ0n) is 26.8. The average molecular weight is 582 g/mol. The van der Waals surface area contributed by atoms with Gasteiger partial charge in [-0.25, -0.2) is 0 Å². The number of nitrogens with zero attached hydrogens (tertiary/aromatic N) is 1. The molecule has 0 radical (unpaired) electrons. The van der Waals surface area contributed by atoms with Gasteiger partial charge in [-0.3, -0.25) is 0 Å². The van der Waals surface area contributed by atoms with Crippen molar-refractivity contribution < 1.29 is 13.7 Å². The smallest absolute Gasteiger partial charge is 0.184 e. The molecule has 6 heteroatoms. The Morgan fingerprint density at radius 1 is 0.925 bits per heavy atom. The number of fused-ring (bicyclic) bond motifs is 5. The van der Waals surface area contributed by atoms with Crippen LogP contribution in [0.2, 0.25) is 39.3 Å². The third kappa shape index (κ3) is 6.11. The number of allylic oxidation sites excluding steroid dienone is 1. The van der Waals surface area contributed by atoms with Crippen molar-refractivity contribution in [3.05, 3.63) is 47.5 Å². The molecular formula is C34H55NO3Si2. The van der Waals surface area contributed by atoms with Crippen molar-refractivity contribution in [1.82, 2.24) is 0 Å². The Morgan fingerprint density at radius 3 is 2.30 bits per heavy atom. The van der Waals surface area contributed by atoms with Crippen LogP contribution in [0.5, 0.6) is 0 Å². The van der Waals surface area contributed by atoms with Gasteiger partial charge in [0.25, 0.3) is 0 Å². The minimum atomic E-state index is -1.72. The molecule has 1 aromatic carbocycles. The molecule has 0 bridgehead atoms. The minimum absolute atomic E-state index is 0.203. The Bertz CT molecular complexity index is 1110. The Hall–Kier alpha value is -1.22. The van der Waals surface area contributed by atoms with E-state index in [9.17, 15) is 0 Å². The second kappa shape index (κ2) is 11.1. The third-order valence-corrected chi connectivity index (χ3v) is 12.9. The molecule has 4 aliphatic rings. The summed E-state index contributed by atoms with van der Waals surface area (Å²) in [6.07, 6.45) is 12.0. The van der Waals surface area contributed by atoms with Crippen LogP contribution in [0.1, 0.15) is 71.3 Å². The van der Waals surface area contributed by atoms with E-state index in [1.54, 1.807) is 5.57 Å². The van der Waals surface area contributed by atoms with Crippen LogP contribution in [0.25, 0.3) is 0 Å². The van der Waals surface area contributed by atoms with Gasteiger partial charge in [-0.2, -0.15) is 0 Å². The normalized spacial score (nSPS) is 38.2. The maximum absolute atomic E-state index is 7.00. The Kier molecular flexibility index (Phi) is 8.41. The van der Waals surface area contributed by atoms with E-state index in [1.807, 2.05) is 6.07 Å². The number of benzene rings is 1. The van der Waals surface area contributed by atoms with Gasteiger partial charge in [-0.05, 0) is 125 Å². The Balaban J connectivity index is 1.38. The fourth-order valence-corrected chi connectivity index (χ4v) is 11.7. The van der Waals surface area contributed by atoms with E-state index in [0.29, 0.717) is 30.0 Å². The summed E-state index contributed by atoms with van der Waals surface area (Å²) in [4.78, 5) is 5.96. The molecule has 5 rings (SSSR count). The van der Waals surface area contributed by atoms with E-state index < -0.39 is 16.6 Å². The highest BCUT2D eigenvalue weighted by Crippen LogP contribution is 2.67. The number of oxime groups is 1. The molecule has 3 fully saturated rings. The molecule has 8 atom stereocenters. The van der Waals surface area contributed by atoms with Crippen molar-refractivity contribution in [2.75, 3.05) is 0 Å². The van der Waals surface area contributed by atoms with Gasteiger partial charge in [0.15, 0.2) is 16.6 Å². The molecule has 0 unspecified atom stereocenters. The van der Waals surface area contributed by atoms with Gasteiger partial charge in [-0.1, -0.05) is 61.0 Å². The van der Waals surface area contributed by atoms with Crippen molar-refractivity contribution >= 4 is 22.3 Å². The summed E-state index contributed by atoms with van der Waals surface area (Å²) in [7, 11) is -3.25. The molecule has 0 heterocycles. The first kappa shape index (κ1) is 30.2. The highest BCUT2D eigenvalue weighted by atomic mass is 28.4. The van der Waals surface area contributed by atoms with E-state index in [4.69, 9.17) is 18.8 Å². The summed E-state index contributed by atoms with van der Waals surface area (Å²) in [5.74, 6) is 2.50. The fraction of sp³-hybridized carbons (Fsp3) is 0.735. The summed E-state index contributed by atoms with van der Waals surface area (Å²) in [6.45, 7) is 21.9. The standard InChI is InChI=1S/C34H55NO3Si2/c1-24(35-36-23-25-13-11-10-12-14-25)32-31(38-40(7,8)9)22-30-28-16-15-26-21-27(37-39(4,5)6)17-19-33(26,2)29(28)18-20-34(30,32)3/h10-15,27-32H,16-23H2,1-9H3/b35-24+/t27-,28+,29-,30-,31+,32-,33-,34-/m0/s1. The summed E-state index contributed by atoms with van der Waals surface area (Å²) in [5, 5.41) is 4.77. The van der Waals surface area contributed by atoms with Gasteiger partial charge >= 0.3 is 0 Å². The summed E-state index contributed by atoms with van der Waals surface area (Å²) in [6, 6.07) is 10.4. The Labute approximate surface area is 246 Å². The van der Waals surface area contributed by atoms with Crippen LogP contribution in [0.15, 0.2) is 47.1 Å². The molecule has 0 aromatic heterocycles. The SMILES string of the molecule is C/C(=N\OCc1ccccc1)[C@H]1[C@H](O[Si](C)(C)C)C[C@H]2[C@@H]3CC=C4C[C@@H](O[Si](C)(C)C)CC[C@]4(C)[C@H]3CC[C@@]21C. The van der Waals surface area contributed by atoms with E-state index in [0.717, 1.165) is 29.5 Å². The maximum Gasteiger partial charge on any atom is 0.184 e. The minimum Gasteiger partial charge on any atom is -0.414 e. The number of hydrogen-bond acceptors (Lipinski definition) is 4. The summed E-state index contributed by atoms with van der Waals surface area (Å²) in [5.41, 5.74) is 4.54. The fourth-order valence-electron chi connectivity index (χ4n) is 9.37. The van der Waals surface area contributed by atoms with Gasteiger partial charge in [0.2, 0.25) is 0 Å².